The van der Waals surface area contributed by atoms with Gasteiger partial charge in [0.25, 0.3) is 0 Å². The molecule has 1 fully saturated rings. The molecule has 0 atom stereocenters. The molecule has 0 aliphatic heterocycles. The van der Waals surface area contributed by atoms with E-state index in [1.807, 2.05) is 0 Å². The first-order valence-corrected chi connectivity index (χ1v) is 5.47. The number of halogens is 3. The molecule has 5 heteroatoms. The summed E-state index contributed by atoms with van der Waals surface area (Å²) in [5.41, 5.74) is -0.119. The summed E-state index contributed by atoms with van der Waals surface area (Å²) in [5, 5.41) is 11.4. The van der Waals surface area contributed by atoms with Crippen LogP contribution in [0.4, 0.5) is 13.2 Å². The second-order valence-electron chi connectivity index (χ2n) is 4.41. The molecule has 2 rings (SSSR count). The maximum absolute atomic E-state index is 12.6. The number of aliphatic hydroxyl groups is 1. The van der Waals surface area contributed by atoms with Gasteiger partial charge in [-0.2, -0.15) is 13.2 Å². The summed E-state index contributed by atoms with van der Waals surface area (Å²) in [4.78, 5) is 0. The predicted molar refractivity (Wildman–Crippen MR) is 57.2 cm³/mol. The van der Waals surface area contributed by atoms with Crippen molar-refractivity contribution < 1.29 is 18.3 Å². The van der Waals surface area contributed by atoms with E-state index in [0.717, 1.165) is 11.1 Å². The van der Waals surface area contributed by atoms with Crippen molar-refractivity contribution in [1.82, 2.24) is 5.32 Å². The summed E-state index contributed by atoms with van der Waals surface area (Å²) in [7, 11) is 0. The normalized spacial score (nSPS) is 18.1. The molecular formula is C12H14F3NO. The lowest BCUT2D eigenvalue weighted by Crippen LogP contribution is -2.44. The van der Waals surface area contributed by atoms with Crippen LogP contribution in [0.5, 0.6) is 0 Å². The van der Waals surface area contributed by atoms with Crippen LogP contribution in [0, 0.1) is 0 Å². The Morgan fingerprint density at radius 1 is 1.12 bits per heavy atom. The van der Waals surface area contributed by atoms with E-state index in [4.69, 9.17) is 5.11 Å². The minimum Gasteiger partial charge on any atom is -0.392 e. The maximum atomic E-state index is 12.6. The number of nitrogens with one attached hydrogen (secondary N) is 1. The third-order valence-electron chi connectivity index (χ3n) is 3.13. The Labute approximate surface area is 97.5 Å². The van der Waals surface area contributed by atoms with Crippen LogP contribution in [-0.2, 0) is 13.2 Å². The second kappa shape index (κ2) is 4.31. The highest BCUT2D eigenvalue weighted by Crippen LogP contribution is 2.49. The zero-order chi connectivity index (χ0) is 12.5. The van der Waals surface area contributed by atoms with Crippen molar-refractivity contribution >= 4 is 0 Å². The second-order valence-corrected chi connectivity index (χ2v) is 4.41. The van der Waals surface area contributed by atoms with Crippen molar-refractivity contribution in [2.45, 2.75) is 37.7 Å². The van der Waals surface area contributed by atoms with E-state index in [9.17, 15) is 13.2 Å². The van der Waals surface area contributed by atoms with Gasteiger partial charge < -0.3 is 5.11 Å². The first-order chi connectivity index (χ1) is 7.97. The van der Waals surface area contributed by atoms with Crippen LogP contribution in [0.25, 0.3) is 0 Å². The van der Waals surface area contributed by atoms with E-state index in [1.54, 1.807) is 24.3 Å². The molecule has 94 valence electrons. The van der Waals surface area contributed by atoms with Crippen LogP contribution >= 0.6 is 0 Å². The molecule has 2 nitrogen and oxygen atoms in total. The molecule has 1 aromatic rings. The lowest BCUT2D eigenvalue weighted by molar-refractivity contribution is -0.166. The van der Waals surface area contributed by atoms with Gasteiger partial charge in [-0.1, -0.05) is 24.3 Å². The first kappa shape index (κ1) is 12.4. The highest BCUT2D eigenvalue weighted by molar-refractivity contribution is 5.22. The van der Waals surface area contributed by atoms with Crippen LogP contribution < -0.4 is 5.32 Å². The third-order valence-corrected chi connectivity index (χ3v) is 3.13. The summed E-state index contributed by atoms with van der Waals surface area (Å²) in [6.07, 6.45) is -3.85. The van der Waals surface area contributed by atoms with Crippen molar-refractivity contribution in [3.05, 3.63) is 35.4 Å². The maximum Gasteiger partial charge on any atom is 0.406 e. The molecule has 1 aliphatic rings. The van der Waals surface area contributed by atoms with E-state index in [-0.39, 0.29) is 26.0 Å². The van der Waals surface area contributed by atoms with Gasteiger partial charge in [0, 0.05) is 6.54 Å². The molecule has 1 aromatic carbocycles. The molecule has 0 bridgehead atoms. The van der Waals surface area contributed by atoms with E-state index < -0.39 is 11.7 Å². The van der Waals surface area contributed by atoms with Crippen LogP contribution in [0.15, 0.2) is 24.3 Å². The lowest BCUT2D eigenvalue weighted by atomic mass is 10.1. The zero-order valence-electron chi connectivity index (χ0n) is 9.22. The van der Waals surface area contributed by atoms with Gasteiger partial charge in [0.2, 0.25) is 0 Å². The highest BCUT2D eigenvalue weighted by Gasteiger charge is 2.62. The Morgan fingerprint density at radius 2 is 1.65 bits per heavy atom. The smallest absolute Gasteiger partial charge is 0.392 e. The molecule has 0 unspecified atom stereocenters. The van der Waals surface area contributed by atoms with Gasteiger partial charge in [0.1, 0.15) is 5.54 Å². The van der Waals surface area contributed by atoms with Crippen LogP contribution in [0.2, 0.25) is 0 Å². The van der Waals surface area contributed by atoms with Crippen molar-refractivity contribution in [1.29, 1.82) is 0 Å². The van der Waals surface area contributed by atoms with Crippen molar-refractivity contribution in [2.24, 2.45) is 0 Å². The molecular weight excluding hydrogens is 231 g/mol. The largest absolute Gasteiger partial charge is 0.406 e. The van der Waals surface area contributed by atoms with Gasteiger partial charge in [-0.05, 0) is 24.0 Å². The van der Waals surface area contributed by atoms with Gasteiger partial charge in [0.05, 0.1) is 6.61 Å². The monoisotopic (exact) mass is 245 g/mol. The first-order valence-electron chi connectivity index (χ1n) is 5.47. The number of alkyl halides is 3. The molecule has 2 N–H and O–H groups in total. The summed E-state index contributed by atoms with van der Waals surface area (Å²) in [5.74, 6) is 0. The van der Waals surface area contributed by atoms with Crippen LogP contribution in [0.3, 0.4) is 0 Å². The predicted octanol–water partition coefficient (Wildman–Crippen LogP) is 2.36. The average molecular weight is 245 g/mol. The Hall–Kier alpha value is -1.07. The molecule has 0 saturated heterocycles. The molecule has 0 spiro atoms. The SMILES string of the molecule is OCc1ccc(CNC2(C(F)(F)F)CC2)cc1. The number of benzene rings is 1. The van der Waals surface area contributed by atoms with Gasteiger partial charge in [0.15, 0.2) is 0 Å². The molecule has 0 radical (unpaired) electrons. The lowest BCUT2D eigenvalue weighted by Gasteiger charge is -2.20. The van der Waals surface area contributed by atoms with Crippen molar-refractivity contribution in [2.75, 3.05) is 0 Å². The fraction of sp³-hybridized carbons (Fsp3) is 0.500. The van der Waals surface area contributed by atoms with Crippen molar-refractivity contribution in [3.63, 3.8) is 0 Å². The number of hydrogen-bond donors (Lipinski definition) is 2. The van der Waals surface area contributed by atoms with Crippen LogP contribution in [0.1, 0.15) is 24.0 Å². The quantitative estimate of drug-likeness (QED) is 0.853. The summed E-state index contributed by atoms with van der Waals surface area (Å²) < 4.78 is 37.9. The molecule has 0 aromatic heterocycles. The number of aliphatic hydroxyl groups excluding tert-OH is 1. The Kier molecular flexibility index (Phi) is 3.14. The topological polar surface area (TPSA) is 32.3 Å². The minimum absolute atomic E-state index is 0.0554. The van der Waals surface area contributed by atoms with E-state index in [1.165, 1.54) is 0 Å². The third kappa shape index (κ3) is 2.61. The minimum atomic E-state index is -4.17. The van der Waals surface area contributed by atoms with E-state index in [2.05, 4.69) is 5.32 Å². The molecule has 1 aliphatic carbocycles. The number of hydrogen-bond acceptors (Lipinski definition) is 2. The van der Waals surface area contributed by atoms with Gasteiger partial charge in [-0.15, -0.1) is 0 Å². The Bertz CT molecular complexity index is 382. The molecule has 17 heavy (non-hydrogen) atoms. The fourth-order valence-electron chi connectivity index (χ4n) is 1.72. The summed E-state index contributed by atoms with van der Waals surface area (Å²) >= 11 is 0. The summed E-state index contributed by atoms with van der Waals surface area (Å²) in [6.45, 7) is 0.144. The van der Waals surface area contributed by atoms with Gasteiger partial charge in [-0.3, -0.25) is 5.32 Å². The van der Waals surface area contributed by atoms with E-state index in [0.29, 0.717) is 0 Å². The van der Waals surface area contributed by atoms with Crippen LogP contribution in [-0.4, -0.2) is 16.8 Å². The fourth-order valence-corrected chi connectivity index (χ4v) is 1.72. The molecule has 0 amide bonds. The van der Waals surface area contributed by atoms with Gasteiger partial charge >= 0.3 is 6.18 Å². The number of rotatable bonds is 4. The Balaban J connectivity index is 1.94. The average Bonchev–Trinajstić information content (AvgIpc) is 3.07. The standard InChI is InChI=1S/C12H14F3NO/c13-12(14,15)11(5-6-11)16-7-9-1-3-10(8-17)4-2-9/h1-4,16-17H,5-8H2. The van der Waals surface area contributed by atoms with Gasteiger partial charge in [-0.25, -0.2) is 0 Å². The zero-order valence-corrected chi connectivity index (χ0v) is 9.22. The molecule has 1 saturated carbocycles. The molecule has 0 heterocycles. The highest BCUT2D eigenvalue weighted by atomic mass is 19.4. The van der Waals surface area contributed by atoms with Crippen molar-refractivity contribution in [3.8, 4) is 0 Å². The van der Waals surface area contributed by atoms with E-state index >= 15 is 0 Å². The summed E-state index contributed by atoms with van der Waals surface area (Å²) in [6, 6.07) is 6.88. The Morgan fingerprint density at radius 3 is 2.06 bits per heavy atom.